The second-order valence-electron chi connectivity index (χ2n) is 13.1. The van der Waals surface area contributed by atoms with Crippen LogP contribution in [0.5, 0.6) is 5.88 Å². The molecule has 2 aromatic heterocycles. The van der Waals surface area contributed by atoms with Gasteiger partial charge in [0.15, 0.2) is 5.82 Å². The van der Waals surface area contributed by atoms with E-state index in [1.165, 1.54) is 0 Å². The molecule has 4 heterocycles. The van der Waals surface area contributed by atoms with Crippen LogP contribution >= 0.6 is 10.0 Å². The van der Waals surface area contributed by atoms with E-state index in [4.69, 9.17) is 9.47 Å². The Balaban J connectivity index is 1.51. The van der Waals surface area contributed by atoms with E-state index < -0.39 is 39.1 Å². The molecule has 0 bridgehead atoms. The van der Waals surface area contributed by atoms with Crippen molar-refractivity contribution in [2.45, 2.75) is 32.1 Å². The first-order valence-corrected chi connectivity index (χ1v) is 18.8. The van der Waals surface area contributed by atoms with Crippen LogP contribution in [0.3, 0.4) is 0 Å². The van der Waals surface area contributed by atoms with Crippen molar-refractivity contribution < 1.29 is 31.8 Å². The number of morpholine rings is 1. The molecule has 0 radical (unpaired) electrons. The standard InChI is InChI=1S/C33H43F4N7O3S/c1-21-19-44(20-22(2)42(21)3)28-8-7-23(30-26(34)18-39-32(41-30)43-9-11-46-12-10-43)15-27(28)40-31(45)24-17-38-29(16-25(24)33(35,36)37)47-13-14-48(4,5)6/h7-8,15-18,21-22H,9-14,19-20H2,1-6H3,(H,40,45)/t21-,22+. The molecule has 0 spiro atoms. The number of benzene rings is 1. The van der Waals surface area contributed by atoms with Gasteiger partial charge in [0.2, 0.25) is 11.8 Å². The number of hydrogen-bond donors (Lipinski definition) is 1. The van der Waals surface area contributed by atoms with Crippen molar-refractivity contribution in [3.8, 4) is 17.1 Å². The van der Waals surface area contributed by atoms with Gasteiger partial charge in [-0.15, -0.1) is 0 Å². The summed E-state index contributed by atoms with van der Waals surface area (Å²) in [5.41, 5.74) is -0.676. The number of alkyl halides is 3. The molecule has 3 aromatic rings. The van der Waals surface area contributed by atoms with Crippen molar-refractivity contribution in [3.63, 3.8) is 0 Å². The summed E-state index contributed by atoms with van der Waals surface area (Å²) < 4.78 is 69.1. The average Bonchev–Trinajstić information content (AvgIpc) is 3.03. The lowest BCUT2D eigenvalue weighted by Crippen LogP contribution is -2.55. The van der Waals surface area contributed by atoms with Gasteiger partial charge in [0, 0.05) is 61.8 Å². The van der Waals surface area contributed by atoms with E-state index in [1.807, 2.05) is 11.9 Å². The van der Waals surface area contributed by atoms with Crippen molar-refractivity contribution in [1.29, 1.82) is 0 Å². The Morgan fingerprint density at radius 2 is 1.73 bits per heavy atom. The first kappa shape index (κ1) is 35.6. The molecule has 0 saturated carbocycles. The van der Waals surface area contributed by atoms with Gasteiger partial charge in [0.1, 0.15) is 5.69 Å². The van der Waals surface area contributed by atoms with Gasteiger partial charge in [-0.05, 0) is 51.8 Å². The summed E-state index contributed by atoms with van der Waals surface area (Å²) in [4.78, 5) is 32.6. The number of piperazine rings is 1. The lowest BCUT2D eigenvalue weighted by Gasteiger charge is -2.44. The summed E-state index contributed by atoms with van der Waals surface area (Å²) in [6, 6.07) is 6.05. The number of carbonyl (C=O) groups excluding carboxylic acids is 1. The van der Waals surface area contributed by atoms with Gasteiger partial charge in [-0.25, -0.2) is 29.4 Å². The van der Waals surface area contributed by atoms with Gasteiger partial charge < -0.3 is 24.6 Å². The van der Waals surface area contributed by atoms with Crippen LogP contribution in [0.25, 0.3) is 11.3 Å². The van der Waals surface area contributed by atoms with Crippen LogP contribution in [-0.2, 0) is 10.9 Å². The molecule has 10 nitrogen and oxygen atoms in total. The van der Waals surface area contributed by atoms with Crippen LogP contribution in [0.4, 0.5) is 34.9 Å². The van der Waals surface area contributed by atoms with Crippen molar-refractivity contribution >= 4 is 33.3 Å². The second-order valence-corrected chi connectivity index (χ2v) is 17.7. The van der Waals surface area contributed by atoms with Gasteiger partial charge in [-0.1, -0.05) is 6.07 Å². The molecule has 2 saturated heterocycles. The Hall–Kier alpha value is -3.69. The molecule has 1 N–H and O–H groups in total. The minimum absolute atomic E-state index is 0.00453. The Morgan fingerprint density at radius 1 is 1.04 bits per heavy atom. The van der Waals surface area contributed by atoms with Crippen LogP contribution in [0.15, 0.2) is 36.7 Å². The first-order chi connectivity index (χ1) is 22.6. The highest BCUT2D eigenvalue weighted by atomic mass is 32.3. The molecule has 15 heteroatoms. The van der Waals surface area contributed by atoms with Crippen LogP contribution in [0.2, 0.25) is 0 Å². The topological polar surface area (TPSA) is 96.0 Å². The smallest absolute Gasteiger partial charge is 0.417 e. The Labute approximate surface area is 280 Å². The summed E-state index contributed by atoms with van der Waals surface area (Å²) >= 11 is 0. The number of anilines is 3. The molecule has 0 unspecified atom stereocenters. The number of likely N-dealkylation sites (N-methyl/N-ethyl adjacent to an activating group) is 1. The molecule has 2 aliphatic heterocycles. The number of carbonyl (C=O) groups is 1. The molecular weight excluding hydrogens is 650 g/mol. The van der Waals surface area contributed by atoms with E-state index in [-0.39, 0.29) is 36.0 Å². The zero-order valence-corrected chi connectivity index (χ0v) is 28.9. The fraction of sp³-hybridized carbons (Fsp3) is 0.515. The second kappa shape index (κ2) is 14.4. The largest absolute Gasteiger partial charge is 0.477 e. The van der Waals surface area contributed by atoms with E-state index in [9.17, 15) is 18.0 Å². The third-order valence-corrected chi connectivity index (χ3v) is 10.0. The molecule has 0 aliphatic carbocycles. The predicted octanol–water partition coefficient (Wildman–Crippen LogP) is 5.39. The van der Waals surface area contributed by atoms with E-state index in [2.05, 4.69) is 62.7 Å². The third-order valence-electron chi connectivity index (χ3n) is 8.62. The molecule has 2 fully saturated rings. The molecule has 1 aromatic carbocycles. The van der Waals surface area contributed by atoms with E-state index in [1.54, 1.807) is 18.2 Å². The highest BCUT2D eigenvalue weighted by Gasteiger charge is 2.37. The molecule has 1 amide bonds. The summed E-state index contributed by atoms with van der Waals surface area (Å²) in [7, 11) is 1.10. The maximum atomic E-state index is 15.2. The predicted molar refractivity (Wildman–Crippen MR) is 182 cm³/mol. The number of hydrogen-bond acceptors (Lipinski definition) is 9. The van der Waals surface area contributed by atoms with Crippen molar-refractivity contribution in [1.82, 2.24) is 19.9 Å². The van der Waals surface area contributed by atoms with Crippen molar-refractivity contribution in [2.24, 2.45) is 0 Å². The number of pyridine rings is 1. The van der Waals surface area contributed by atoms with Crippen LogP contribution < -0.4 is 19.9 Å². The van der Waals surface area contributed by atoms with Crippen LogP contribution in [0, 0.1) is 5.82 Å². The number of aromatic nitrogens is 3. The Kier molecular flexibility index (Phi) is 10.7. The van der Waals surface area contributed by atoms with E-state index >= 15 is 4.39 Å². The molecule has 2 aliphatic rings. The van der Waals surface area contributed by atoms with Gasteiger partial charge in [-0.2, -0.15) is 13.2 Å². The fourth-order valence-electron chi connectivity index (χ4n) is 5.65. The Bertz CT molecular complexity index is 1600. The van der Waals surface area contributed by atoms with E-state index in [0.29, 0.717) is 62.3 Å². The Morgan fingerprint density at radius 3 is 2.38 bits per heavy atom. The maximum Gasteiger partial charge on any atom is 0.417 e. The maximum absolute atomic E-state index is 15.2. The molecule has 262 valence electrons. The van der Waals surface area contributed by atoms with Crippen LogP contribution in [0.1, 0.15) is 29.8 Å². The normalized spacial score (nSPS) is 19.7. The summed E-state index contributed by atoms with van der Waals surface area (Å²) in [5.74, 6) is -0.876. The highest BCUT2D eigenvalue weighted by Crippen LogP contribution is 2.38. The first-order valence-electron chi connectivity index (χ1n) is 15.7. The zero-order valence-electron chi connectivity index (χ0n) is 28.1. The number of nitrogens with one attached hydrogen (secondary N) is 1. The number of nitrogens with zero attached hydrogens (tertiary/aromatic N) is 6. The minimum atomic E-state index is -4.85. The third kappa shape index (κ3) is 8.47. The summed E-state index contributed by atoms with van der Waals surface area (Å²) in [5, 5.41) is 2.70. The van der Waals surface area contributed by atoms with Crippen molar-refractivity contribution in [2.75, 3.05) is 92.7 Å². The lowest BCUT2D eigenvalue weighted by atomic mass is 10.0. The highest BCUT2D eigenvalue weighted by molar-refractivity contribution is 8.32. The molecule has 2 atom stereocenters. The fourth-order valence-corrected chi connectivity index (χ4v) is 6.24. The molecule has 5 rings (SSSR count). The van der Waals surface area contributed by atoms with Gasteiger partial charge in [0.05, 0.1) is 48.5 Å². The van der Waals surface area contributed by atoms with Gasteiger partial charge in [0.25, 0.3) is 5.91 Å². The zero-order chi connectivity index (χ0) is 34.8. The number of halogens is 4. The van der Waals surface area contributed by atoms with Crippen LogP contribution in [-0.4, -0.2) is 115 Å². The quantitative estimate of drug-likeness (QED) is 0.296. The SMILES string of the molecule is C[C@@H]1CN(c2ccc(-c3nc(N4CCOCC4)ncc3F)cc2NC(=O)c2cnc(OCCS(C)(C)C)cc2C(F)(F)F)C[C@H](C)N1C. The minimum Gasteiger partial charge on any atom is -0.477 e. The molecule has 48 heavy (non-hydrogen) atoms. The van der Waals surface area contributed by atoms with Gasteiger partial charge >= 0.3 is 6.18 Å². The molecular formula is C33H43F4N7O3S. The van der Waals surface area contributed by atoms with Crippen molar-refractivity contribution in [3.05, 3.63) is 53.6 Å². The van der Waals surface area contributed by atoms with Gasteiger partial charge in [-0.3, -0.25) is 9.69 Å². The van der Waals surface area contributed by atoms with E-state index in [0.717, 1.165) is 18.5 Å². The lowest BCUT2D eigenvalue weighted by molar-refractivity contribution is -0.138. The number of ether oxygens (including phenoxy) is 2. The summed E-state index contributed by atoms with van der Waals surface area (Å²) in [6.07, 6.45) is 3.36. The summed E-state index contributed by atoms with van der Waals surface area (Å²) in [6.45, 7) is 7.63. The number of rotatable bonds is 9. The number of amides is 1. The average molecular weight is 694 g/mol. The monoisotopic (exact) mass is 693 g/mol.